The second-order valence-electron chi connectivity index (χ2n) is 7.43. The summed E-state index contributed by atoms with van der Waals surface area (Å²) < 4.78 is 27.5. The molecule has 0 unspecified atom stereocenters. The number of ketones is 1. The van der Waals surface area contributed by atoms with Crippen molar-refractivity contribution < 1.29 is 18.0 Å². The van der Waals surface area contributed by atoms with Crippen molar-refractivity contribution in [2.75, 3.05) is 12.4 Å². The monoisotopic (exact) mass is 414 g/mol. The molecule has 1 aliphatic rings. The first kappa shape index (κ1) is 21.2. The van der Waals surface area contributed by atoms with E-state index in [1.807, 2.05) is 0 Å². The third kappa shape index (κ3) is 4.92. The van der Waals surface area contributed by atoms with E-state index in [2.05, 4.69) is 5.32 Å². The Labute approximate surface area is 172 Å². The third-order valence-corrected chi connectivity index (χ3v) is 7.30. The number of anilines is 1. The summed E-state index contributed by atoms with van der Waals surface area (Å²) in [5.74, 6) is -0.525. The van der Waals surface area contributed by atoms with Crippen molar-refractivity contribution in [1.29, 1.82) is 0 Å². The van der Waals surface area contributed by atoms with Gasteiger partial charge in [-0.25, -0.2) is 8.42 Å². The average molecular weight is 415 g/mol. The minimum atomic E-state index is -3.68. The van der Waals surface area contributed by atoms with Gasteiger partial charge in [0, 0.05) is 29.9 Å². The van der Waals surface area contributed by atoms with E-state index >= 15 is 0 Å². The second kappa shape index (κ2) is 8.88. The van der Waals surface area contributed by atoms with Crippen LogP contribution in [0, 0.1) is 0 Å². The van der Waals surface area contributed by atoms with Gasteiger partial charge in [0.25, 0.3) is 5.91 Å². The topological polar surface area (TPSA) is 83.5 Å². The number of nitrogens with zero attached hydrogens (tertiary/aromatic N) is 1. The average Bonchev–Trinajstić information content (AvgIpc) is 2.74. The molecule has 6 nitrogen and oxygen atoms in total. The van der Waals surface area contributed by atoms with E-state index in [1.165, 1.54) is 23.4 Å². The molecule has 1 N–H and O–H groups in total. The number of hydrogen-bond donors (Lipinski definition) is 1. The van der Waals surface area contributed by atoms with Gasteiger partial charge in [-0.1, -0.05) is 37.5 Å². The molecule has 1 saturated carbocycles. The van der Waals surface area contributed by atoms with Crippen molar-refractivity contribution in [2.45, 2.75) is 50.0 Å². The Hall–Kier alpha value is -2.51. The van der Waals surface area contributed by atoms with Gasteiger partial charge >= 0.3 is 0 Å². The van der Waals surface area contributed by atoms with Crippen LogP contribution in [-0.4, -0.2) is 37.5 Å². The molecule has 0 aromatic heterocycles. The van der Waals surface area contributed by atoms with Crippen LogP contribution in [0.15, 0.2) is 53.4 Å². The summed E-state index contributed by atoms with van der Waals surface area (Å²) in [5, 5.41) is 2.73. The SMILES string of the molecule is CC(=O)c1cccc(NC(=O)c2cccc(S(=O)(=O)N(C)C3CCCCC3)c2)c1. The Bertz CT molecular complexity index is 1010. The van der Waals surface area contributed by atoms with Crippen molar-refractivity contribution in [1.82, 2.24) is 4.31 Å². The predicted octanol–water partition coefficient (Wildman–Crippen LogP) is 4.09. The van der Waals surface area contributed by atoms with Crippen LogP contribution in [0.1, 0.15) is 59.7 Å². The summed E-state index contributed by atoms with van der Waals surface area (Å²) >= 11 is 0. The molecule has 0 bridgehead atoms. The molecule has 154 valence electrons. The number of amides is 1. The van der Waals surface area contributed by atoms with E-state index in [0.29, 0.717) is 11.3 Å². The molecule has 0 radical (unpaired) electrons. The van der Waals surface area contributed by atoms with Gasteiger partial charge in [0.2, 0.25) is 10.0 Å². The fourth-order valence-electron chi connectivity index (χ4n) is 3.62. The molecule has 0 atom stereocenters. The zero-order chi connectivity index (χ0) is 21.0. The quantitative estimate of drug-likeness (QED) is 0.722. The number of nitrogens with one attached hydrogen (secondary N) is 1. The molecule has 2 aromatic carbocycles. The predicted molar refractivity (Wildman–Crippen MR) is 113 cm³/mol. The maximum absolute atomic E-state index is 13.0. The van der Waals surface area contributed by atoms with E-state index in [4.69, 9.17) is 0 Å². The molecule has 3 rings (SSSR count). The lowest BCUT2D eigenvalue weighted by molar-refractivity contribution is 0.101. The van der Waals surface area contributed by atoms with Crippen LogP contribution in [0.3, 0.4) is 0 Å². The minimum absolute atomic E-state index is 0.000512. The number of Topliss-reactive ketones (excluding diaryl/α,β-unsaturated/α-hetero) is 1. The zero-order valence-electron chi connectivity index (χ0n) is 16.7. The van der Waals surface area contributed by atoms with Crippen LogP contribution in [0.5, 0.6) is 0 Å². The zero-order valence-corrected chi connectivity index (χ0v) is 17.5. The number of hydrogen-bond acceptors (Lipinski definition) is 4. The summed E-state index contributed by atoms with van der Waals surface area (Å²) in [5.41, 5.74) is 1.22. The maximum Gasteiger partial charge on any atom is 0.255 e. The van der Waals surface area contributed by atoms with Gasteiger partial charge in [0.05, 0.1) is 4.90 Å². The highest BCUT2D eigenvalue weighted by atomic mass is 32.2. The molecular formula is C22H26N2O4S. The van der Waals surface area contributed by atoms with Crippen LogP contribution in [0.4, 0.5) is 5.69 Å². The standard InChI is InChI=1S/C22H26N2O4S/c1-16(25)17-8-6-10-19(14-17)23-22(26)18-9-7-13-21(15-18)29(27,28)24(2)20-11-4-3-5-12-20/h6-10,13-15,20H,3-5,11-12H2,1-2H3,(H,23,26). The third-order valence-electron chi connectivity index (χ3n) is 5.39. The summed E-state index contributed by atoms with van der Waals surface area (Å²) in [6.07, 6.45) is 4.94. The van der Waals surface area contributed by atoms with Gasteiger partial charge in [-0.15, -0.1) is 0 Å². The van der Waals surface area contributed by atoms with E-state index in [1.54, 1.807) is 43.4 Å². The smallest absolute Gasteiger partial charge is 0.255 e. The molecule has 7 heteroatoms. The number of rotatable bonds is 6. The molecule has 0 aliphatic heterocycles. The van der Waals surface area contributed by atoms with E-state index in [9.17, 15) is 18.0 Å². The Balaban J connectivity index is 1.80. The van der Waals surface area contributed by atoms with Gasteiger partial charge < -0.3 is 5.32 Å². The lowest BCUT2D eigenvalue weighted by Gasteiger charge is -2.30. The van der Waals surface area contributed by atoms with Crippen molar-refractivity contribution in [3.05, 3.63) is 59.7 Å². The van der Waals surface area contributed by atoms with Gasteiger partial charge in [-0.2, -0.15) is 4.31 Å². The minimum Gasteiger partial charge on any atom is -0.322 e. The fourth-order valence-corrected chi connectivity index (χ4v) is 5.09. The summed E-state index contributed by atoms with van der Waals surface area (Å²) in [4.78, 5) is 24.3. The van der Waals surface area contributed by atoms with Crippen LogP contribution < -0.4 is 5.32 Å². The number of carbonyl (C=O) groups is 2. The van der Waals surface area contributed by atoms with E-state index < -0.39 is 15.9 Å². The number of carbonyl (C=O) groups excluding carboxylic acids is 2. The lowest BCUT2D eigenvalue weighted by Crippen LogP contribution is -2.38. The lowest BCUT2D eigenvalue weighted by atomic mass is 9.96. The van der Waals surface area contributed by atoms with E-state index in [0.717, 1.165) is 32.1 Å². The summed E-state index contributed by atoms with van der Waals surface area (Å²) in [7, 11) is -2.06. The van der Waals surface area contributed by atoms with Gasteiger partial charge in [-0.05, 0) is 50.1 Å². The summed E-state index contributed by atoms with van der Waals surface area (Å²) in [6, 6.07) is 12.7. The Morgan fingerprint density at radius 2 is 1.62 bits per heavy atom. The molecule has 1 amide bonds. The summed E-state index contributed by atoms with van der Waals surface area (Å²) in [6.45, 7) is 1.46. The maximum atomic E-state index is 13.0. The first-order valence-corrected chi connectivity index (χ1v) is 11.2. The van der Waals surface area contributed by atoms with Gasteiger partial charge in [-0.3, -0.25) is 9.59 Å². The first-order chi connectivity index (χ1) is 13.8. The normalized spacial score (nSPS) is 15.3. The molecule has 29 heavy (non-hydrogen) atoms. The highest BCUT2D eigenvalue weighted by molar-refractivity contribution is 7.89. The number of benzene rings is 2. The van der Waals surface area contributed by atoms with Crippen LogP contribution in [-0.2, 0) is 10.0 Å². The Kier molecular flexibility index (Phi) is 6.49. The van der Waals surface area contributed by atoms with Crippen molar-refractivity contribution in [2.24, 2.45) is 0 Å². The molecule has 2 aromatic rings. The first-order valence-electron chi connectivity index (χ1n) is 9.79. The highest BCUT2D eigenvalue weighted by Crippen LogP contribution is 2.27. The molecule has 0 heterocycles. The largest absolute Gasteiger partial charge is 0.322 e. The van der Waals surface area contributed by atoms with Crippen LogP contribution >= 0.6 is 0 Å². The Morgan fingerprint density at radius 1 is 0.966 bits per heavy atom. The second-order valence-corrected chi connectivity index (χ2v) is 9.43. The molecule has 1 fully saturated rings. The Morgan fingerprint density at radius 3 is 2.31 bits per heavy atom. The highest BCUT2D eigenvalue weighted by Gasteiger charge is 2.29. The van der Waals surface area contributed by atoms with Crippen molar-refractivity contribution in [3.63, 3.8) is 0 Å². The fraction of sp³-hybridized carbons (Fsp3) is 0.364. The number of sulfonamides is 1. The van der Waals surface area contributed by atoms with Crippen molar-refractivity contribution >= 4 is 27.4 Å². The molecule has 1 aliphatic carbocycles. The molecule has 0 spiro atoms. The van der Waals surface area contributed by atoms with Gasteiger partial charge in [0.1, 0.15) is 0 Å². The molecule has 0 saturated heterocycles. The van der Waals surface area contributed by atoms with Crippen molar-refractivity contribution in [3.8, 4) is 0 Å². The van der Waals surface area contributed by atoms with Crippen LogP contribution in [0.25, 0.3) is 0 Å². The van der Waals surface area contributed by atoms with Gasteiger partial charge in [0.15, 0.2) is 5.78 Å². The molecular weight excluding hydrogens is 388 g/mol. The van der Waals surface area contributed by atoms with Crippen LogP contribution in [0.2, 0.25) is 0 Å². The van der Waals surface area contributed by atoms with E-state index in [-0.39, 0.29) is 22.3 Å².